The second-order valence-corrected chi connectivity index (χ2v) is 9.11. The average Bonchev–Trinajstić information content (AvgIpc) is 2.84. The number of piperidine rings is 1. The van der Waals surface area contributed by atoms with Gasteiger partial charge in [0.05, 0.1) is 28.3 Å². The quantitative estimate of drug-likeness (QED) is 0.647. The summed E-state index contributed by atoms with van der Waals surface area (Å²) in [6.07, 6.45) is 6.54. The average molecular weight is 442 g/mol. The molecule has 0 aliphatic carbocycles. The molecule has 0 saturated carbocycles. The minimum Gasteiger partial charge on any atom is -0.386 e. The van der Waals surface area contributed by atoms with Crippen molar-refractivity contribution in [3.05, 3.63) is 77.9 Å². The Morgan fingerprint density at radius 1 is 1.12 bits per heavy atom. The molecule has 0 bridgehead atoms. The predicted molar refractivity (Wildman–Crippen MR) is 124 cm³/mol. The van der Waals surface area contributed by atoms with Gasteiger partial charge in [-0.3, -0.25) is 9.78 Å². The fourth-order valence-corrected chi connectivity index (χ4v) is 4.27. The van der Waals surface area contributed by atoms with E-state index in [1.54, 1.807) is 49.3 Å². The highest BCUT2D eigenvalue weighted by Crippen LogP contribution is 2.36. The number of likely N-dealkylation sites (tertiary alicyclic amines) is 1. The molecule has 1 fully saturated rings. The lowest BCUT2D eigenvalue weighted by molar-refractivity contribution is 0.0647. The summed E-state index contributed by atoms with van der Waals surface area (Å²) in [5, 5.41) is 20.2. The van der Waals surface area contributed by atoms with Crippen LogP contribution < -0.4 is 0 Å². The minimum absolute atomic E-state index is 0.0993. The summed E-state index contributed by atoms with van der Waals surface area (Å²) in [6, 6.07) is 15.6. The van der Waals surface area contributed by atoms with Crippen molar-refractivity contribution in [3.63, 3.8) is 0 Å². The number of hydrogen-bond acceptors (Lipinski definition) is 6. The third kappa shape index (κ3) is 4.91. The zero-order chi connectivity index (χ0) is 23.5. The van der Waals surface area contributed by atoms with Crippen molar-refractivity contribution in [1.29, 1.82) is 5.26 Å². The molecule has 33 heavy (non-hydrogen) atoms. The van der Waals surface area contributed by atoms with E-state index in [4.69, 9.17) is 0 Å². The number of nitrogens with zero attached hydrogens (tertiary/aromatic N) is 5. The Hall–Kier alpha value is -3.63. The Morgan fingerprint density at radius 2 is 1.85 bits per heavy atom. The van der Waals surface area contributed by atoms with Gasteiger partial charge in [-0.1, -0.05) is 24.3 Å². The van der Waals surface area contributed by atoms with Crippen molar-refractivity contribution >= 4 is 5.91 Å². The van der Waals surface area contributed by atoms with Gasteiger partial charge in [0.2, 0.25) is 0 Å². The summed E-state index contributed by atoms with van der Waals surface area (Å²) in [4.78, 5) is 27.7. The molecule has 3 aromatic rings. The summed E-state index contributed by atoms with van der Waals surface area (Å²) >= 11 is 0. The second kappa shape index (κ2) is 9.08. The molecule has 7 nitrogen and oxygen atoms in total. The van der Waals surface area contributed by atoms with Crippen LogP contribution in [0, 0.1) is 16.7 Å². The number of aliphatic hydroxyl groups is 1. The maximum absolute atomic E-state index is 13.3. The fourth-order valence-electron chi connectivity index (χ4n) is 4.27. The molecule has 1 N–H and O–H groups in total. The highest BCUT2D eigenvalue weighted by Gasteiger charge is 2.37. The minimum atomic E-state index is -0.895. The first-order chi connectivity index (χ1) is 15.8. The van der Waals surface area contributed by atoms with Gasteiger partial charge >= 0.3 is 0 Å². The lowest BCUT2D eigenvalue weighted by Gasteiger charge is -2.37. The monoisotopic (exact) mass is 441 g/mol. The van der Waals surface area contributed by atoms with Crippen molar-refractivity contribution in [3.8, 4) is 17.5 Å². The smallest absolute Gasteiger partial charge is 0.256 e. The lowest BCUT2D eigenvalue weighted by atomic mass is 9.75. The van der Waals surface area contributed by atoms with Gasteiger partial charge in [-0.2, -0.15) is 5.26 Å². The lowest BCUT2D eigenvalue weighted by Crippen LogP contribution is -2.43. The number of hydrogen-bond donors (Lipinski definition) is 1. The number of aromatic nitrogens is 3. The molecule has 1 aromatic carbocycles. The third-order valence-corrected chi connectivity index (χ3v) is 6.31. The van der Waals surface area contributed by atoms with Crippen LogP contribution in [0.25, 0.3) is 11.4 Å². The molecule has 7 heteroatoms. The van der Waals surface area contributed by atoms with Crippen LogP contribution in [0.1, 0.15) is 48.2 Å². The maximum Gasteiger partial charge on any atom is 0.256 e. The Bertz CT molecular complexity index is 1160. The molecule has 0 radical (unpaired) electrons. The third-order valence-electron chi connectivity index (χ3n) is 6.31. The predicted octanol–water partition coefficient (Wildman–Crippen LogP) is 3.75. The van der Waals surface area contributed by atoms with E-state index in [1.807, 2.05) is 24.3 Å². The molecular formula is C26H27N5O2. The van der Waals surface area contributed by atoms with Crippen LogP contribution in [-0.4, -0.2) is 44.0 Å². The molecule has 1 saturated heterocycles. The number of nitriles is 1. The molecular weight excluding hydrogens is 414 g/mol. The first kappa shape index (κ1) is 22.6. The van der Waals surface area contributed by atoms with Crippen molar-refractivity contribution < 1.29 is 9.90 Å². The van der Waals surface area contributed by atoms with E-state index in [-0.39, 0.29) is 5.91 Å². The van der Waals surface area contributed by atoms with Gasteiger partial charge in [0.25, 0.3) is 5.91 Å². The van der Waals surface area contributed by atoms with Crippen LogP contribution in [0.4, 0.5) is 0 Å². The zero-order valence-electron chi connectivity index (χ0n) is 18.9. The van der Waals surface area contributed by atoms with Crippen LogP contribution in [0.15, 0.2) is 61.2 Å². The number of pyridine rings is 1. The first-order valence-electron chi connectivity index (χ1n) is 11.1. The molecule has 1 aliphatic rings. The van der Waals surface area contributed by atoms with Gasteiger partial charge < -0.3 is 10.0 Å². The van der Waals surface area contributed by atoms with Crippen molar-refractivity contribution in [1.82, 2.24) is 19.9 Å². The van der Waals surface area contributed by atoms with Crippen LogP contribution in [0.2, 0.25) is 0 Å². The van der Waals surface area contributed by atoms with Gasteiger partial charge in [0.15, 0.2) is 0 Å². The van der Waals surface area contributed by atoms with Gasteiger partial charge in [-0.25, -0.2) is 9.97 Å². The summed E-state index contributed by atoms with van der Waals surface area (Å²) in [5.74, 6) is -0.0993. The molecule has 168 valence electrons. The summed E-state index contributed by atoms with van der Waals surface area (Å²) in [6.45, 7) is 4.52. The zero-order valence-corrected chi connectivity index (χ0v) is 18.9. The number of carbonyl (C=O) groups is 1. The largest absolute Gasteiger partial charge is 0.386 e. The SMILES string of the molecule is CC(C)(O)c1ccc(CC2(C#N)CCN(C(=O)c3cccnc3-c3ccncn3)CC2)cc1. The highest BCUT2D eigenvalue weighted by atomic mass is 16.3. The van der Waals surface area contributed by atoms with E-state index in [0.717, 1.165) is 11.1 Å². The normalized spacial score (nSPS) is 15.6. The molecule has 2 aromatic heterocycles. The van der Waals surface area contributed by atoms with Crippen molar-refractivity contribution in [2.24, 2.45) is 5.41 Å². The summed E-state index contributed by atoms with van der Waals surface area (Å²) in [7, 11) is 0. The molecule has 0 unspecified atom stereocenters. The Kier molecular flexibility index (Phi) is 6.21. The van der Waals surface area contributed by atoms with E-state index < -0.39 is 11.0 Å². The molecule has 4 rings (SSSR count). The molecule has 1 aliphatic heterocycles. The molecule has 0 spiro atoms. The van der Waals surface area contributed by atoms with E-state index in [1.165, 1.54) is 6.33 Å². The van der Waals surface area contributed by atoms with Crippen LogP contribution in [0.3, 0.4) is 0 Å². The number of carbonyl (C=O) groups excluding carboxylic acids is 1. The number of amides is 1. The van der Waals surface area contributed by atoms with Gasteiger partial charge in [0, 0.05) is 25.5 Å². The van der Waals surface area contributed by atoms with E-state index in [9.17, 15) is 15.2 Å². The number of benzene rings is 1. The van der Waals surface area contributed by atoms with E-state index >= 15 is 0 Å². The molecule has 0 atom stereocenters. The second-order valence-electron chi connectivity index (χ2n) is 9.11. The van der Waals surface area contributed by atoms with Crippen molar-refractivity contribution in [2.75, 3.05) is 13.1 Å². The van der Waals surface area contributed by atoms with Crippen molar-refractivity contribution in [2.45, 2.75) is 38.7 Å². The Labute approximate surface area is 193 Å². The molecule has 3 heterocycles. The van der Waals surface area contributed by atoms with Gasteiger partial charge in [0.1, 0.15) is 12.0 Å². The number of rotatable bonds is 5. The van der Waals surface area contributed by atoms with E-state index in [0.29, 0.717) is 49.3 Å². The summed E-state index contributed by atoms with van der Waals surface area (Å²) < 4.78 is 0. The summed E-state index contributed by atoms with van der Waals surface area (Å²) in [5.41, 5.74) is 2.13. The van der Waals surface area contributed by atoms with Gasteiger partial charge in [-0.15, -0.1) is 0 Å². The van der Waals surface area contributed by atoms with Crippen LogP contribution in [-0.2, 0) is 12.0 Å². The van der Waals surface area contributed by atoms with E-state index in [2.05, 4.69) is 21.0 Å². The maximum atomic E-state index is 13.3. The Balaban J connectivity index is 1.47. The standard InChI is InChI=1S/C26H27N5O2/c1-25(2,33)20-7-5-19(6-8-20)16-26(17-27)10-14-31(15-11-26)24(32)21-4-3-12-29-23(21)22-9-13-28-18-30-22/h3-9,12-13,18,33H,10-11,14-16H2,1-2H3. The van der Waals surface area contributed by atoms with Crippen LogP contribution in [0.5, 0.6) is 0 Å². The topological polar surface area (TPSA) is 103 Å². The molecule has 1 amide bonds. The van der Waals surface area contributed by atoms with Gasteiger partial charge in [-0.05, 0) is 62.4 Å². The fraction of sp³-hybridized carbons (Fsp3) is 0.346. The highest BCUT2D eigenvalue weighted by molar-refractivity contribution is 5.99. The Morgan fingerprint density at radius 3 is 2.45 bits per heavy atom. The first-order valence-corrected chi connectivity index (χ1v) is 11.1. The van der Waals surface area contributed by atoms with Crippen LogP contribution >= 0.6 is 0 Å².